The minimum Gasteiger partial charge on any atom is -0.457 e. The molecule has 1 aliphatic rings. The van der Waals surface area contributed by atoms with Gasteiger partial charge in [-0.3, -0.25) is 9.59 Å². The molecular formula is C19H25ClN2O5S. The predicted octanol–water partition coefficient (Wildman–Crippen LogP) is 1.65. The van der Waals surface area contributed by atoms with Crippen molar-refractivity contribution < 1.29 is 22.7 Å². The summed E-state index contributed by atoms with van der Waals surface area (Å²) in [5.41, 5.74) is 1.52. The molecule has 0 saturated carbocycles. The molecule has 0 saturated heterocycles. The van der Waals surface area contributed by atoms with Crippen molar-refractivity contribution in [3.63, 3.8) is 0 Å². The Morgan fingerprint density at radius 2 is 2.00 bits per heavy atom. The highest BCUT2D eigenvalue weighted by molar-refractivity contribution is 7.89. The Morgan fingerprint density at radius 1 is 1.32 bits per heavy atom. The lowest BCUT2D eigenvalue weighted by atomic mass is 10.2. The fourth-order valence-electron chi connectivity index (χ4n) is 2.86. The van der Waals surface area contributed by atoms with Crippen molar-refractivity contribution in [3.8, 4) is 0 Å². The number of likely N-dealkylation sites (N-methyl/N-ethyl adjacent to an activating group) is 1. The van der Waals surface area contributed by atoms with E-state index < -0.39 is 22.1 Å². The summed E-state index contributed by atoms with van der Waals surface area (Å²) in [7, 11) is -3.56. The zero-order valence-electron chi connectivity index (χ0n) is 16.0. The van der Waals surface area contributed by atoms with Crippen LogP contribution in [0.5, 0.6) is 0 Å². The summed E-state index contributed by atoms with van der Waals surface area (Å²) in [6.07, 6.45) is 1.15. The van der Waals surface area contributed by atoms with Crippen molar-refractivity contribution in [2.24, 2.45) is 0 Å². The summed E-state index contributed by atoms with van der Waals surface area (Å²) in [6, 6.07) is 6.74. The number of hydrogen-bond donors (Lipinski definition) is 1. The van der Waals surface area contributed by atoms with Crippen molar-refractivity contribution in [2.45, 2.75) is 31.3 Å². The van der Waals surface area contributed by atoms with Crippen LogP contribution in [-0.2, 0) is 24.3 Å². The van der Waals surface area contributed by atoms with Gasteiger partial charge >= 0.3 is 5.97 Å². The molecule has 7 nitrogen and oxygen atoms in total. The van der Waals surface area contributed by atoms with Crippen LogP contribution >= 0.6 is 11.6 Å². The van der Waals surface area contributed by atoms with Gasteiger partial charge in [0.05, 0.1) is 11.3 Å². The van der Waals surface area contributed by atoms with E-state index in [1.165, 1.54) is 4.31 Å². The Morgan fingerprint density at radius 3 is 2.61 bits per heavy atom. The molecule has 0 aliphatic heterocycles. The number of benzene rings is 1. The van der Waals surface area contributed by atoms with Gasteiger partial charge in [-0.15, -0.1) is 11.6 Å². The molecule has 1 aromatic carbocycles. The van der Waals surface area contributed by atoms with Crippen LogP contribution < -0.4 is 5.32 Å². The fraction of sp³-hybridized carbons (Fsp3) is 0.474. The van der Waals surface area contributed by atoms with Crippen molar-refractivity contribution in [1.29, 1.82) is 0 Å². The first-order chi connectivity index (χ1) is 13.3. The molecule has 1 atom stereocenters. The summed E-state index contributed by atoms with van der Waals surface area (Å²) in [5, 5.41) is 3.08. The molecule has 9 heteroatoms. The zero-order chi connectivity index (χ0) is 20.7. The van der Waals surface area contributed by atoms with Crippen LogP contribution in [0.25, 0.3) is 0 Å². The van der Waals surface area contributed by atoms with Gasteiger partial charge in [0.2, 0.25) is 10.0 Å². The number of rotatable bonds is 10. The van der Waals surface area contributed by atoms with E-state index in [0.717, 1.165) is 5.56 Å². The average molecular weight is 429 g/mol. The minimum atomic E-state index is -3.56. The summed E-state index contributed by atoms with van der Waals surface area (Å²) in [4.78, 5) is 23.4. The van der Waals surface area contributed by atoms with E-state index in [4.69, 9.17) is 16.3 Å². The lowest BCUT2D eigenvalue weighted by Crippen LogP contribution is -2.37. The molecule has 0 unspecified atom stereocenters. The second kappa shape index (κ2) is 10.2. The molecule has 0 radical (unpaired) electrons. The molecular weight excluding hydrogens is 404 g/mol. The maximum atomic E-state index is 12.7. The third kappa shape index (κ3) is 5.88. The van der Waals surface area contributed by atoms with E-state index in [1.807, 2.05) is 6.92 Å². The molecule has 0 amide bonds. The van der Waals surface area contributed by atoms with Gasteiger partial charge in [0.15, 0.2) is 5.78 Å². The molecule has 28 heavy (non-hydrogen) atoms. The second-order valence-electron chi connectivity index (χ2n) is 6.47. The third-order valence-corrected chi connectivity index (χ3v) is 6.60. The summed E-state index contributed by atoms with van der Waals surface area (Å²) >= 11 is 5.39. The van der Waals surface area contributed by atoms with Crippen molar-refractivity contribution in [3.05, 3.63) is 41.5 Å². The van der Waals surface area contributed by atoms with Crippen LogP contribution in [0.2, 0.25) is 0 Å². The summed E-state index contributed by atoms with van der Waals surface area (Å²) < 4.78 is 31.9. The lowest BCUT2D eigenvalue weighted by molar-refractivity contribution is -0.144. The SMILES string of the molecule is CCN(CCNCC1=C[C@H](OC(=O)CCl)CC1=O)S(=O)(=O)c1ccc(C)cc1. The molecule has 0 bridgehead atoms. The number of esters is 1. The first-order valence-electron chi connectivity index (χ1n) is 9.04. The Bertz CT molecular complexity index is 836. The third-order valence-electron chi connectivity index (χ3n) is 4.39. The van der Waals surface area contributed by atoms with Crippen LogP contribution in [0.1, 0.15) is 18.9 Å². The van der Waals surface area contributed by atoms with E-state index in [-0.39, 0.29) is 36.1 Å². The van der Waals surface area contributed by atoms with Crippen LogP contribution in [-0.4, -0.2) is 62.6 Å². The van der Waals surface area contributed by atoms with Gasteiger partial charge in [-0.25, -0.2) is 8.42 Å². The molecule has 1 aliphatic carbocycles. The zero-order valence-corrected chi connectivity index (χ0v) is 17.6. The number of nitrogens with one attached hydrogen (secondary N) is 1. The highest BCUT2D eigenvalue weighted by Gasteiger charge is 2.26. The number of hydrogen-bond acceptors (Lipinski definition) is 6. The number of ketones is 1. The Kier molecular flexibility index (Phi) is 8.18. The van der Waals surface area contributed by atoms with Crippen LogP contribution in [0.4, 0.5) is 0 Å². The van der Waals surface area contributed by atoms with Crippen LogP contribution in [0, 0.1) is 6.92 Å². The molecule has 0 heterocycles. The molecule has 0 aromatic heterocycles. The molecule has 0 spiro atoms. The predicted molar refractivity (Wildman–Crippen MR) is 107 cm³/mol. The second-order valence-corrected chi connectivity index (χ2v) is 8.67. The van der Waals surface area contributed by atoms with E-state index in [0.29, 0.717) is 18.7 Å². The van der Waals surface area contributed by atoms with Gasteiger partial charge < -0.3 is 10.1 Å². The first kappa shape index (κ1) is 22.5. The van der Waals surface area contributed by atoms with E-state index in [9.17, 15) is 18.0 Å². The Balaban J connectivity index is 1.87. The number of carbonyl (C=O) groups excluding carboxylic acids is 2. The Labute approximate surface area is 170 Å². The fourth-order valence-corrected chi connectivity index (χ4v) is 4.37. The maximum absolute atomic E-state index is 12.7. The number of nitrogens with zero attached hydrogens (tertiary/aromatic N) is 1. The van der Waals surface area contributed by atoms with Crippen molar-refractivity contribution >= 4 is 33.4 Å². The lowest BCUT2D eigenvalue weighted by Gasteiger charge is -2.21. The summed E-state index contributed by atoms with van der Waals surface area (Å²) in [5.74, 6) is -0.918. The first-order valence-corrected chi connectivity index (χ1v) is 11.0. The van der Waals surface area contributed by atoms with Gasteiger partial charge in [0.1, 0.15) is 12.0 Å². The number of ether oxygens (including phenoxy) is 1. The van der Waals surface area contributed by atoms with Crippen molar-refractivity contribution in [2.75, 3.05) is 32.1 Å². The maximum Gasteiger partial charge on any atom is 0.321 e. The van der Waals surface area contributed by atoms with E-state index in [2.05, 4.69) is 5.32 Å². The quantitative estimate of drug-likeness (QED) is 0.346. The topological polar surface area (TPSA) is 92.8 Å². The number of halogens is 1. The number of carbonyl (C=O) groups is 2. The molecule has 2 rings (SSSR count). The van der Waals surface area contributed by atoms with Gasteiger partial charge in [0, 0.05) is 31.8 Å². The van der Waals surface area contributed by atoms with Crippen LogP contribution in [0.3, 0.4) is 0 Å². The monoisotopic (exact) mass is 428 g/mol. The van der Waals surface area contributed by atoms with E-state index >= 15 is 0 Å². The highest BCUT2D eigenvalue weighted by Crippen LogP contribution is 2.18. The number of alkyl halides is 1. The molecule has 0 fully saturated rings. The molecule has 154 valence electrons. The normalized spacial score (nSPS) is 17.1. The number of sulfonamides is 1. The minimum absolute atomic E-state index is 0.0977. The smallest absolute Gasteiger partial charge is 0.321 e. The molecule has 1 aromatic rings. The average Bonchev–Trinajstić information content (AvgIpc) is 3.00. The largest absolute Gasteiger partial charge is 0.457 e. The standard InChI is InChI=1S/C19H25ClN2O5S/c1-3-22(28(25,26)17-6-4-14(2)5-7-17)9-8-21-13-15-10-16(11-18(15)23)27-19(24)12-20/h4-7,10,16,21H,3,8-9,11-13H2,1-2H3/t16-/m0/s1. The van der Waals surface area contributed by atoms with E-state index in [1.54, 1.807) is 37.3 Å². The van der Waals surface area contributed by atoms with Gasteiger partial charge in [-0.2, -0.15) is 4.31 Å². The summed E-state index contributed by atoms with van der Waals surface area (Å²) in [6.45, 7) is 4.98. The number of aryl methyl sites for hydroxylation is 1. The Hall–Kier alpha value is -1.74. The van der Waals surface area contributed by atoms with Crippen LogP contribution in [0.15, 0.2) is 40.8 Å². The van der Waals surface area contributed by atoms with Gasteiger partial charge in [0.25, 0.3) is 0 Å². The van der Waals surface area contributed by atoms with Gasteiger partial charge in [-0.05, 0) is 25.1 Å². The number of Topliss-reactive ketones (excluding diaryl/α,β-unsaturated/α-hetero) is 1. The molecule has 1 N–H and O–H groups in total. The van der Waals surface area contributed by atoms with Gasteiger partial charge in [-0.1, -0.05) is 24.6 Å². The van der Waals surface area contributed by atoms with Crippen molar-refractivity contribution in [1.82, 2.24) is 9.62 Å². The highest BCUT2D eigenvalue weighted by atomic mass is 35.5.